The summed E-state index contributed by atoms with van der Waals surface area (Å²) in [5.74, 6) is 0.168. The Balaban J connectivity index is 1.72. The zero-order valence-electron chi connectivity index (χ0n) is 19.9. The van der Waals surface area contributed by atoms with Crippen molar-refractivity contribution in [2.24, 2.45) is 0 Å². The normalized spacial score (nSPS) is 17.2. The number of benzene rings is 2. The number of ether oxygens (including phenoxy) is 1. The van der Waals surface area contributed by atoms with Crippen LogP contribution in [0.4, 0.5) is 11.4 Å². The smallest absolute Gasteiger partial charge is 0.282 e. The van der Waals surface area contributed by atoms with E-state index in [-0.39, 0.29) is 11.8 Å². The molecule has 174 valence electrons. The van der Waals surface area contributed by atoms with Gasteiger partial charge in [-0.15, -0.1) is 0 Å². The van der Waals surface area contributed by atoms with Gasteiger partial charge in [-0.25, -0.2) is 4.90 Å². The SMILES string of the molecule is CCN(CC)c1ccc(N2C(=O)C(c3ccc(OC)cc3)=C(N3CCN(C)CC3)C2=O)cc1. The third-order valence-electron chi connectivity index (χ3n) is 6.49. The summed E-state index contributed by atoms with van der Waals surface area (Å²) in [6.07, 6.45) is 0. The average Bonchev–Trinajstić information content (AvgIpc) is 3.11. The van der Waals surface area contributed by atoms with Crippen LogP contribution >= 0.6 is 0 Å². The molecule has 2 aliphatic rings. The van der Waals surface area contributed by atoms with Gasteiger partial charge in [-0.1, -0.05) is 12.1 Å². The van der Waals surface area contributed by atoms with Crippen molar-refractivity contribution in [2.45, 2.75) is 13.8 Å². The minimum Gasteiger partial charge on any atom is -0.497 e. The van der Waals surface area contributed by atoms with Gasteiger partial charge < -0.3 is 19.4 Å². The Hall–Kier alpha value is -3.32. The topological polar surface area (TPSA) is 56.3 Å². The second-order valence-electron chi connectivity index (χ2n) is 8.38. The Morgan fingerprint density at radius 1 is 0.848 bits per heavy atom. The highest BCUT2D eigenvalue weighted by atomic mass is 16.5. The van der Waals surface area contributed by atoms with Crippen molar-refractivity contribution in [3.05, 3.63) is 59.8 Å². The fraction of sp³-hybridized carbons (Fsp3) is 0.385. The molecule has 0 radical (unpaired) electrons. The van der Waals surface area contributed by atoms with Gasteiger partial charge in [0.15, 0.2) is 0 Å². The summed E-state index contributed by atoms with van der Waals surface area (Å²) < 4.78 is 5.28. The Kier molecular flexibility index (Phi) is 6.70. The van der Waals surface area contributed by atoms with E-state index >= 15 is 0 Å². The quantitative estimate of drug-likeness (QED) is 0.607. The standard InChI is InChI=1S/C26H32N4O3/c1-5-28(6-2)20-9-11-21(12-10-20)30-25(31)23(19-7-13-22(33-4)14-8-19)24(26(30)32)29-17-15-27(3)16-18-29/h7-14H,5-6,15-18H2,1-4H3. The van der Waals surface area contributed by atoms with Gasteiger partial charge in [-0.05, 0) is 62.9 Å². The van der Waals surface area contributed by atoms with Crippen molar-refractivity contribution in [1.82, 2.24) is 9.80 Å². The zero-order chi connectivity index (χ0) is 23.5. The number of likely N-dealkylation sites (N-methyl/N-ethyl adjacent to an activating group) is 1. The van der Waals surface area contributed by atoms with Gasteiger partial charge in [0.25, 0.3) is 11.8 Å². The molecule has 1 fully saturated rings. The van der Waals surface area contributed by atoms with Crippen molar-refractivity contribution in [3.8, 4) is 5.75 Å². The van der Waals surface area contributed by atoms with Gasteiger partial charge in [-0.3, -0.25) is 9.59 Å². The molecule has 2 aliphatic heterocycles. The van der Waals surface area contributed by atoms with Crippen molar-refractivity contribution in [3.63, 3.8) is 0 Å². The van der Waals surface area contributed by atoms with Crippen molar-refractivity contribution in [2.75, 3.05) is 63.2 Å². The van der Waals surface area contributed by atoms with E-state index in [4.69, 9.17) is 4.74 Å². The van der Waals surface area contributed by atoms with Crippen molar-refractivity contribution >= 4 is 28.8 Å². The monoisotopic (exact) mass is 448 g/mol. The number of methoxy groups -OCH3 is 1. The number of piperazine rings is 1. The molecule has 0 N–H and O–H groups in total. The minimum absolute atomic E-state index is 0.258. The minimum atomic E-state index is -0.283. The molecular formula is C26H32N4O3. The first-order chi connectivity index (χ1) is 16.0. The molecule has 0 saturated carbocycles. The largest absolute Gasteiger partial charge is 0.497 e. The lowest BCUT2D eigenvalue weighted by molar-refractivity contribution is -0.120. The molecule has 1 saturated heterocycles. The lowest BCUT2D eigenvalue weighted by Gasteiger charge is -2.34. The zero-order valence-corrected chi connectivity index (χ0v) is 19.9. The predicted octanol–water partition coefficient (Wildman–Crippen LogP) is 3.07. The lowest BCUT2D eigenvalue weighted by atomic mass is 10.0. The summed E-state index contributed by atoms with van der Waals surface area (Å²) in [5, 5.41) is 0. The first-order valence-electron chi connectivity index (χ1n) is 11.5. The first-order valence-corrected chi connectivity index (χ1v) is 11.5. The van der Waals surface area contributed by atoms with Crippen LogP contribution in [0.1, 0.15) is 19.4 Å². The van der Waals surface area contributed by atoms with E-state index in [0.29, 0.717) is 35.8 Å². The van der Waals surface area contributed by atoms with Crippen LogP contribution in [0.2, 0.25) is 0 Å². The number of hydrogen-bond donors (Lipinski definition) is 0. The second-order valence-corrected chi connectivity index (χ2v) is 8.38. The molecule has 2 heterocycles. The molecule has 2 amide bonds. The lowest BCUT2D eigenvalue weighted by Crippen LogP contribution is -2.46. The number of carbonyl (C=O) groups excluding carboxylic acids is 2. The van der Waals surface area contributed by atoms with E-state index < -0.39 is 0 Å². The summed E-state index contributed by atoms with van der Waals surface area (Å²) >= 11 is 0. The maximum absolute atomic E-state index is 13.7. The van der Waals surface area contributed by atoms with Crippen LogP contribution < -0.4 is 14.5 Å². The van der Waals surface area contributed by atoms with Crippen LogP contribution in [-0.4, -0.2) is 75.0 Å². The summed E-state index contributed by atoms with van der Waals surface area (Å²) in [5.41, 5.74) is 3.35. The number of hydrogen-bond acceptors (Lipinski definition) is 6. The molecule has 0 spiro atoms. The molecule has 4 rings (SSSR count). The Labute approximate surface area is 195 Å². The predicted molar refractivity (Wildman–Crippen MR) is 131 cm³/mol. The number of imide groups is 1. The van der Waals surface area contributed by atoms with Crippen LogP contribution in [0.25, 0.3) is 5.57 Å². The molecule has 33 heavy (non-hydrogen) atoms. The highest BCUT2D eigenvalue weighted by Gasteiger charge is 2.42. The van der Waals surface area contributed by atoms with Crippen LogP contribution in [0.5, 0.6) is 5.75 Å². The van der Waals surface area contributed by atoms with Crippen molar-refractivity contribution < 1.29 is 14.3 Å². The fourth-order valence-electron chi connectivity index (χ4n) is 4.50. The highest BCUT2D eigenvalue weighted by molar-refractivity contribution is 6.45. The average molecular weight is 449 g/mol. The molecule has 0 bridgehead atoms. The van der Waals surface area contributed by atoms with Crippen molar-refractivity contribution in [1.29, 1.82) is 0 Å². The number of carbonyl (C=O) groups is 2. The molecule has 0 atom stereocenters. The van der Waals surface area contributed by atoms with Gasteiger partial charge >= 0.3 is 0 Å². The second kappa shape index (κ2) is 9.67. The Bertz CT molecular complexity index is 1030. The molecule has 0 aromatic heterocycles. The molecule has 7 nitrogen and oxygen atoms in total. The van der Waals surface area contributed by atoms with Gasteiger partial charge in [0.1, 0.15) is 11.4 Å². The van der Waals surface area contributed by atoms with Gasteiger partial charge in [0.05, 0.1) is 18.4 Å². The third-order valence-corrected chi connectivity index (χ3v) is 6.49. The van der Waals surface area contributed by atoms with Crippen LogP contribution in [-0.2, 0) is 9.59 Å². The Morgan fingerprint density at radius 3 is 2.00 bits per heavy atom. The van der Waals surface area contributed by atoms with E-state index in [2.05, 4.69) is 35.6 Å². The van der Waals surface area contributed by atoms with E-state index in [0.717, 1.165) is 37.4 Å². The summed E-state index contributed by atoms with van der Waals surface area (Å²) in [7, 11) is 3.68. The number of amides is 2. The van der Waals surface area contributed by atoms with Gasteiger partial charge in [0, 0.05) is 45.0 Å². The van der Waals surface area contributed by atoms with Crippen LogP contribution in [0, 0.1) is 0 Å². The van der Waals surface area contributed by atoms with Gasteiger partial charge in [-0.2, -0.15) is 0 Å². The van der Waals surface area contributed by atoms with E-state index in [1.165, 1.54) is 4.90 Å². The Morgan fingerprint density at radius 2 is 1.45 bits per heavy atom. The number of rotatable bonds is 7. The van der Waals surface area contributed by atoms with Gasteiger partial charge in [0.2, 0.25) is 0 Å². The van der Waals surface area contributed by atoms with E-state index in [1.807, 2.05) is 48.5 Å². The summed E-state index contributed by atoms with van der Waals surface area (Å²) in [6, 6.07) is 15.0. The number of anilines is 2. The fourth-order valence-corrected chi connectivity index (χ4v) is 4.50. The molecule has 2 aromatic carbocycles. The van der Waals surface area contributed by atoms with Crippen LogP contribution in [0.15, 0.2) is 54.2 Å². The van der Waals surface area contributed by atoms with E-state index in [1.54, 1.807) is 7.11 Å². The molecule has 2 aromatic rings. The molecule has 0 aliphatic carbocycles. The molecule has 0 unspecified atom stereocenters. The first kappa shape index (κ1) is 22.9. The summed E-state index contributed by atoms with van der Waals surface area (Å²) in [4.78, 5) is 35.2. The van der Waals surface area contributed by atoms with E-state index in [9.17, 15) is 9.59 Å². The third kappa shape index (κ3) is 4.33. The summed E-state index contributed by atoms with van der Waals surface area (Å²) in [6.45, 7) is 9.12. The molecule has 7 heteroatoms. The maximum Gasteiger partial charge on any atom is 0.282 e. The maximum atomic E-state index is 13.7. The van der Waals surface area contributed by atoms with Crippen LogP contribution in [0.3, 0.4) is 0 Å². The highest BCUT2D eigenvalue weighted by Crippen LogP contribution is 2.36. The molecular weight excluding hydrogens is 416 g/mol. The number of nitrogens with zero attached hydrogens (tertiary/aromatic N) is 4.